The Morgan fingerprint density at radius 2 is 1.86 bits per heavy atom. The minimum absolute atomic E-state index is 0.162. The van der Waals surface area contributed by atoms with Gasteiger partial charge in [0.2, 0.25) is 0 Å². The summed E-state index contributed by atoms with van der Waals surface area (Å²) in [6.45, 7) is 0.808. The number of fused-ring (bicyclic) bond motifs is 1. The van der Waals surface area contributed by atoms with Crippen LogP contribution in [-0.2, 0) is 16.4 Å². The predicted octanol–water partition coefficient (Wildman–Crippen LogP) is 3.76. The van der Waals surface area contributed by atoms with Crippen molar-refractivity contribution >= 4 is 36.9 Å². The van der Waals surface area contributed by atoms with Crippen LogP contribution >= 0.6 is 15.9 Å². The highest BCUT2D eigenvalue weighted by molar-refractivity contribution is 9.10. The zero-order valence-electron chi connectivity index (χ0n) is 16.3. The highest BCUT2D eigenvalue weighted by Gasteiger charge is 2.25. The summed E-state index contributed by atoms with van der Waals surface area (Å²) >= 11 is 3.37. The van der Waals surface area contributed by atoms with Gasteiger partial charge in [0.05, 0.1) is 14.2 Å². The second-order valence-corrected chi connectivity index (χ2v) is 9.30. The summed E-state index contributed by atoms with van der Waals surface area (Å²) in [7, 11) is 3.21. The van der Waals surface area contributed by atoms with Crippen molar-refractivity contribution in [3.8, 4) is 11.5 Å². The smallest absolute Gasteiger partial charge is 0.269 e. The highest BCUT2D eigenvalue weighted by atomic mass is 79.9. The van der Waals surface area contributed by atoms with E-state index in [9.17, 15) is 8.42 Å². The molecule has 0 fully saturated rings. The van der Waals surface area contributed by atoms with E-state index < -0.39 is 10.0 Å². The van der Waals surface area contributed by atoms with Crippen molar-refractivity contribution in [2.24, 2.45) is 0 Å². The summed E-state index contributed by atoms with van der Waals surface area (Å²) in [6, 6.07) is 10.4. The number of benzene rings is 2. The molecule has 0 unspecified atom stereocenters. The van der Waals surface area contributed by atoms with E-state index >= 15 is 0 Å². The Labute approximate surface area is 173 Å². The second kappa shape index (κ2) is 8.14. The molecule has 0 aliphatic rings. The Bertz CT molecular complexity index is 1110. The van der Waals surface area contributed by atoms with Crippen LogP contribution in [0, 0.1) is 0 Å². The van der Waals surface area contributed by atoms with Crippen molar-refractivity contribution in [3.05, 3.63) is 52.6 Å². The summed E-state index contributed by atoms with van der Waals surface area (Å²) in [5.41, 5.74) is 1.50. The van der Waals surface area contributed by atoms with Crippen LogP contribution in [0.25, 0.3) is 10.9 Å². The highest BCUT2D eigenvalue weighted by Crippen LogP contribution is 2.35. The lowest BCUT2D eigenvalue weighted by Gasteiger charge is -2.12. The summed E-state index contributed by atoms with van der Waals surface area (Å²) in [6.07, 6.45) is 2.42. The molecule has 8 heteroatoms. The molecule has 1 aromatic heterocycles. The first-order chi connectivity index (χ1) is 13.3. The van der Waals surface area contributed by atoms with Gasteiger partial charge in [-0.1, -0.05) is 12.1 Å². The molecule has 0 saturated heterocycles. The number of aromatic nitrogens is 1. The molecule has 3 aromatic rings. The monoisotopic (exact) mass is 466 g/mol. The minimum atomic E-state index is -3.85. The van der Waals surface area contributed by atoms with Crippen LogP contribution in [0.4, 0.5) is 0 Å². The van der Waals surface area contributed by atoms with E-state index in [0.29, 0.717) is 21.5 Å². The Morgan fingerprint density at radius 1 is 1.11 bits per heavy atom. The summed E-state index contributed by atoms with van der Waals surface area (Å²) < 4.78 is 39.4. The van der Waals surface area contributed by atoms with E-state index in [1.807, 2.05) is 26.2 Å². The maximum atomic E-state index is 13.5. The van der Waals surface area contributed by atoms with Crippen molar-refractivity contribution in [1.82, 2.24) is 8.87 Å². The quantitative estimate of drug-likeness (QED) is 0.530. The van der Waals surface area contributed by atoms with Gasteiger partial charge < -0.3 is 14.4 Å². The lowest BCUT2D eigenvalue weighted by molar-refractivity contribution is 0.414. The average molecular weight is 467 g/mol. The third-order valence-corrected chi connectivity index (χ3v) is 7.20. The van der Waals surface area contributed by atoms with Crippen LogP contribution in [0.15, 0.2) is 52.0 Å². The third-order valence-electron chi connectivity index (χ3n) is 4.56. The van der Waals surface area contributed by atoms with Crippen LogP contribution in [-0.4, -0.2) is 52.1 Å². The van der Waals surface area contributed by atoms with Gasteiger partial charge in [-0.2, -0.15) is 0 Å². The standard InChI is InChI=1S/C20H23BrN2O4S/c1-22(2)11-10-14-13-23(20-16(14)6-5-7-18(20)27-4)28(24,25)19-9-8-15(26-3)12-17(19)21/h5-9,12-13H,10-11H2,1-4H3. The van der Waals surface area contributed by atoms with E-state index in [-0.39, 0.29) is 4.90 Å². The van der Waals surface area contributed by atoms with Crippen LogP contribution in [0.3, 0.4) is 0 Å². The lowest BCUT2D eigenvalue weighted by atomic mass is 10.1. The van der Waals surface area contributed by atoms with Crippen molar-refractivity contribution < 1.29 is 17.9 Å². The number of likely N-dealkylation sites (N-methyl/N-ethyl adjacent to an activating group) is 1. The number of halogens is 1. The van der Waals surface area contributed by atoms with E-state index in [0.717, 1.165) is 23.9 Å². The van der Waals surface area contributed by atoms with Gasteiger partial charge in [0, 0.05) is 22.6 Å². The topological polar surface area (TPSA) is 60.8 Å². The largest absolute Gasteiger partial charge is 0.497 e. The Morgan fingerprint density at radius 3 is 2.46 bits per heavy atom. The lowest BCUT2D eigenvalue weighted by Crippen LogP contribution is -2.15. The summed E-state index contributed by atoms with van der Waals surface area (Å²) in [5, 5.41) is 0.870. The molecule has 0 aliphatic carbocycles. The molecule has 3 rings (SSSR count). The maximum Gasteiger partial charge on any atom is 0.269 e. The number of rotatable bonds is 7. The molecule has 0 aliphatic heterocycles. The van der Waals surface area contributed by atoms with Crippen molar-refractivity contribution in [2.45, 2.75) is 11.3 Å². The third kappa shape index (κ3) is 3.76. The summed E-state index contributed by atoms with van der Waals surface area (Å²) in [4.78, 5) is 2.23. The molecule has 2 aromatic carbocycles. The fraction of sp³-hybridized carbons (Fsp3) is 0.300. The number of hydrogen-bond acceptors (Lipinski definition) is 5. The SMILES string of the molecule is COc1ccc(S(=O)(=O)n2cc(CCN(C)C)c3cccc(OC)c32)c(Br)c1. The van der Waals surface area contributed by atoms with Gasteiger partial charge in [-0.25, -0.2) is 12.4 Å². The van der Waals surface area contributed by atoms with E-state index in [1.54, 1.807) is 37.6 Å². The maximum absolute atomic E-state index is 13.5. The molecule has 0 bridgehead atoms. The number of para-hydroxylation sites is 1. The molecule has 0 saturated carbocycles. The van der Waals surface area contributed by atoms with E-state index in [1.165, 1.54) is 11.1 Å². The van der Waals surface area contributed by atoms with Gasteiger partial charge in [0.25, 0.3) is 10.0 Å². The van der Waals surface area contributed by atoms with E-state index in [4.69, 9.17) is 9.47 Å². The average Bonchev–Trinajstić information content (AvgIpc) is 3.05. The Kier molecular flexibility index (Phi) is 6.02. The normalized spacial score (nSPS) is 11.9. The molecule has 28 heavy (non-hydrogen) atoms. The minimum Gasteiger partial charge on any atom is -0.497 e. The molecule has 0 amide bonds. The number of ether oxygens (including phenoxy) is 2. The first-order valence-corrected chi connectivity index (χ1v) is 10.9. The number of nitrogens with zero attached hydrogens (tertiary/aromatic N) is 2. The molecule has 0 spiro atoms. The molecule has 1 heterocycles. The van der Waals surface area contributed by atoms with Crippen LogP contribution in [0.5, 0.6) is 11.5 Å². The number of hydrogen-bond donors (Lipinski definition) is 0. The van der Waals surface area contributed by atoms with Gasteiger partial charge in [-0.05, 0) is 66.3 Å². The summed E-state index contributed by atoms with van der Waals surface area (Å²) in [5.74, 6) is 1.09. The fourth-order valence-corrected chi connectivity index (χ4v) is 5.53. The van der Waals surface area contributed by atoms with Crippen LogP contribution in [0.2, 0.25) is 0 Å². The molecule has 0 radical (unpaired) electrons. The molecular formula is C20H23BrN2O4S. The van der Waals surface area contributed by atoms with Crippen molar-refractivity contribution in [1.29, 1.82) is 0 Å². The van der Waals surface area contributed by atoms with Gasteiger partial charge in [0.1, 0.15) is 21.9 Å². The molecule has 6 nitrogen and oxygen atoms in total. The first kappa shape index (κ1) is 20.7. The fourth-order valence-electron chi connectivity index (χ4n) is 3.11. The molecule has 0 N–H and O–H groups in total. The van der Waals surface area contributed by atoms with Crippen molar-refractivity contribution in [3.63, 3.8) is 0 Å². The van der Waals surface area contributed by atoms with Crippen LogP contribution < -0.4 is 9.47 Å². The van der Waals surface area contributed by atoms with Crippen molar-refractivity contribution in [2.75, 3.05) is 34.9 Å². The number of methoxy groups -OCH3 is 2. The first-order valence-electron chi connectivity index (χ1n) is 8.70. The molecular weight excluding hydrogens is 444 g/mol. The molecule has 150 valence electrons. The zero-order valence-corrected chi connectivity index (χ0v) is 18.7. The van der Waals surface area contributed by atoms with E-state index in [2.05, 4.69) is 20.8 Å². The Balaban J connectivity index is 2.24. The predicted molar refractivity (Wildman–Crippen MR) is 114 cm³/mol. The zero-order chi connectivity index (χ0) is 20.5. The Hall–Kier alpha value is -2.03. The van der Waals surface area contributed by atoms with Gasteiger partial charge in [0.15, 0.2) is 0 Å². The van der Waals surface area contributed by atoms with Gasteiger partial charge in [-0.3, -0.25) is 0 Å². The molecule has 0 atom stereocenters. The second-order valence-electron chi connectivity index (χ2n) is 6.66. The van der Waals surface area contributed by atoms with Gasteiger partial charge in [-0.15, -0.1) is 0 Å². The van der Waals surface area contributed by atoms with Crippen LogP contribution in [0.1, 0.15) is 5.56 Å². The van der Waals surface area contributed by atoms with Gasteiger partial charge >= 0.3 is 0 Å².